The van der Waals surface area contributed by atoms with Crippen LogP contribution in [-0.2, 0) is 28.3 Å². The van der Waals surface area contributed by atoms with Crippen molar-refractivity contribution in [2.24, 2.45) is 7.05 Å². The van der Waals surface area contributed by atoms with Crippen molar-refractivity contribution in [2.75, 3.05) is 5.75 Å². The van der Waals surface area contributed by atoms with Gasteiger partial charge in [-0.05, 0) is 25.7 Å². The van der Waals surface area contributed by atoms with Gasteiger partial charge in [0.05, 0.1) is 18.0 Å². The Bertz CT molecular complexity index is 594. The van der Waals surface area contributed by atoms with Crippen LogP contribution in [0.15, 0.2) is 6.20 Å². The lowest BCUT2D eigenvalue weighted by molar-refractivity contribution is -0.137. The molecule has 0 bridgehead atoms. The maximum Gasteiger partial charge on any atom is 0.303 e. The van der Waals surface area contributed by atoms with Gasteiger partial charge in [0.1, 0.15) is 0 Å². The lowest BCUT2D eigenvalue weighted by Gasteiger charge is -2.23. The smallest absolute Gasteiger partial charge is 0.303 e. The van der Waals surface area contributed by atoms with Crippen molar-refractivity contribution in [1.82, 2.24) is 14.5 Å². The fourth-order valence-electron chi connectivity index (χ4n) is 2.52. The molecule has 1 aliphatic carbocycles. The number of hydrogen-bond acceptors (Lipinski definition) is 4. The highest BCUT2D eigenvalue weighted by Crippen LogP contribution is 2.29. The minimum Gasteiger partial charge on any atom is -0.481 e. The summed E-state index contributed by atoms with van der Waals surface area (Å²) >= 11 is 0. The van der Waals surface area contributed by atoms with Crippen molar-refractivity contribution in [3.8, 4) is 0 Å². The molecule has 0 amide bonds. The number of fused-ring (bicyclic) bond motifs is 1. The summed E-state index contributed by atoms with van der Waals surface area (Å²) in [4.78, 5) is 10.4. The van der Waals surface area contributed by atoms with Gasteiger partial charge in [0, 0.05) is 24.7 Å². The summed E-state index contributed by atoms with van der Waals surface area (Å²) in [5.41, 5.74) is 2.00. The Labute approximate surface area is 118 Å². The maximum absolute atomic E-state index is 12.0. The van der Waals surface area contributed by atoms with Gasteiger partial charge in [-0.2, -0.15) is 5.10 Å². The van der Waals surface area contributed by atoms with Crippen molar-refractivity contribution in [3.63, 3.8) is 0 Å². The molecule has 1 atom stereocenters. The van der Waals surface area contributed by atoms with Crippen molar-refractivity contribution in [1.29, 1.82) is 0 Å². The van der Waals surface area contributed by atoms with Gasteiger partial charge in [-0.25, -0.2) is 13.1 Å². The predicted molar refractivity (Wildman–Crippen MR) is 72.7 cm³/mol. The van der Waals surface area contributed by atoms with Crippen LogP contribution >= 0.6 is 0 Å². The lowest BCUT2D eigenvalue weighted by atomic mass is 9.94. The molecule has 1 heterocycles. The molecule has 0 aromatic carbocycles. The average Bonchev–Trinajstić information content (AvgIpc) is 2.71. The lowest BCUT2D eigenvalue weighted by Crippen LogP contribution is -2.32. The highest BCUT2D eigenvalue weighted by Gasteiger charge is 2.26. The third-order valence-corrected chi connectivity index (χ3v) is 4.97. The van der Waals surface area contributed by atoms with Crippen LogP contribution in [0.3, 0.4) is 0 Å². The Morgan fingerprint density at radius 1 is 1.60 bits per heavy atom. The maximum atomic E-state index is 12.0. The van der Waals surface area contributed by atoms with E-state index < -0.39 is 16.0 Å². The summed E-state index contributed by atoms with van der Waals surface area (Å²) < 4.78 is 28.4. The molecule has 8 heteroatoms. The zero-order chi connectivity index (χ0) is 14.8. The quantitative estimate of drug-likeness (QED) is 0.800. The Hall–Kier alpha value is -1.41. The Balaban J connectivity index is 2.01. The van der Waals surface area contributed by atoms with Gasteiger partial charge in [0.2, 0.25) is 10.0 Å². The van der Waals surface area contributed by atoms with E-state index in [1.807, 2.05) is 7.05 Å². The largest absolute Gasteiger partial charge is 0.481 e. The van der Waals surface area contributed by atoms with Gasteiger partial charge >= 0.3 is 5.97 Å². The first-order valence-electron chi connectivity index (χ1n) is 6.61. The van der Waals surface area contributed by atoms with Gasteiger partial charge in [-0.15, -0.1) is 0 Å². The molecule has 0 saturated heterocycles. The highest BCUT2D eigenvalue weighted by molar-refractivity contribution is 7.89. The van der Waals surface area contributed by atoms with Crippen molar-refractivity contribution < 1.29 is 18.3 Å². The molecule has 7 nitrogen and oxygen atoms in total. The molecule has 1 unspecified atom stereocenters. The second-order valence-electron chi connectivity index (χ2n) is 5.05. The van der Waals surface area contributed by atoms with Gasteiger partial charge in [0.15, 0.2) is 0 Å². The molecule has 0 aliphatic heterocycles. The number of nitrogens with one attached hydrogen (secondary N) is 1. The van der Waals surface area contributed by atoms with E-state index in [9.17, 15) is 13.2 Å². The van der Waals surface area contributed by atoms with Crippen LogP contribution in [0.4, 0.5) is 0 Å². The molecule has 0 radical (unpaired) electrons. The van der Waals surface area contributed by atoms with E-state index in [2.05, 4.69) is 9.82 Å². The average molecular weight is 301 g/mol. The second kappa shape index (κ2) is 5.92. The molecule has 20 heavy (non-hydrogen) atoms. The number of carbonyl (C=O) groups is 1. The van der Waals surface area contributed by atoms with Crippen molar-refractivity contribution in [2.45, 2.75) is 38.1 Å². The molecule has 1 aromatic heterocycles. The molecule has 0 spiro atoms. The highest BCUT2D eigenvalue weighted by atomic mass is 32.2. The van der Waals surface area contributed by atoms with E-state index in [1.54, 1.807) is 10.9 Å². The minimum absolute atomic E-state index is 0.122. The topological polar surface area (TPSA) is 101 Å². The second-order valence-corrected chi connectivity index (χ2v) is 6.92. The molecule has 0 saturated carbocycles. The zero-order valence-electron chi connectivity index (χ0n) is 11.4. The molecule has 2 rings (SSSR count). The number of carboxylic acids is 1. The summed E-state index contributed by atoms with van der Waals surface area (Å²) in [6, 6.07) is -0.248. The normalized spacial score (nSPS) is 18.8. The number of hydrogen-bond donors (Lipinski definition) is 2. The van der Waals surface area contributed by atoms with Crippen LogP contribution in [-0.4, -0.2) is 35.0 Å². The number of rotatable bonds is 6. The zero-order valence-corrected chi connectivity index (χ0v) is 12.2. The Morgan fingerprint density at radius 2 is 2.35 bits per heavy atom. The van der Waals surface area contributed by atoms with Gasteiger partial charge in [-0.3, -0.25) is 9.48 Å². The van der Waals surface area contributed by atoms with E-state index in [-0.39, 0.29) is 24.6 Å². The molecular formula is C12H19N3O4S. The van der Waals surface area contributed by atoms with Crippen LogP contribution in [0.25, 0.3) is 0 Å². The molecule has 0 fully saturated rings. The van der Waals surface area contributed by atoms with E-state index in [0.717, 1.165) is 30.5 Å². The number of sulfonamides is 1. The van der Waals surface area contributed by atoms with E-state index in [4.69, 9.17) is 5.11 Å². The first-order valence-corrected chi connectivity index (χ1v) is 8.27. The first kappa shape index (κ1) is 15.0. The predicted octanol–water partition coefficient (Wildman–Crippen LogP) is 0.582. The monoisotopic (exact) mass is 301 g/mol. The number of nitrogens with zero attached hydrogens (tertiary/aromatic N) is 2. The molecule has 1 aromatic rings. The first-order chi connectivity index (χ1) is 9.39. The molecule has 112 valence electrons. The van der Waals surface area contributed by atoms with Crippen LogP contribution in [0.2, 0.25) is 0 Å². The van der Waals surface area contributed by atoms with Crippen molar-refractivity contribution >= 4 is 16.0 Å². The summed E-state index contributed by atoms with van der Waals surface area (Å²) in [6.45, 7) is 0. The van der Waals surface area contributed by atoms with Crippen LogP contribution in [0, 0.1) is 0 Å². The molecular weight excluding hydrogens is 282 g/mol. The van der Waals surface area contributed by atoms with Crippen LogP contribution in [0.5, 0.6) is 0 Å². The third kappa shape index (κ3) is 3.57. The van der Waals surface area contributed by atoms with E-state index in [1.165, 1.54) is 0 Å². The molecule has 1 aliphatic rings. The Kier molecular flexibility index (Phi) is 4.44. The number of aryl methyl sites for hydroxylation is 1. The minimum atomic E-state index is -3.46. The Morgan fingerprint density at radius 3 is 3.05 bits per heavy atom. The molecule has 2 N–H and O–H groups in total. The third-order valence-electron chi connectivity index (χ3n) is 3.50. The van der Waals surface area contributed by atoms with Crippen LogP contribution < -0.4 is 4.72 Å². The summed E-state index contributed by atoms with van der Waals surface area (Å²) in [5, 5.41) is 12.7. The fraction of sp³-hybridized carbons (Fsp3) is 0.667. The standard InChI is InChI=1S/C12H19N3O4S/c1-15-11-5-2-4-10(9(11)8-13-15)14-20(18,19)7-3-6-12(16)17/h8,10,14H,2-7H2,1H3,(H,16,17). The van der Waals surface area contributed by atoms with Crippen molar-refractivity contribution in [3.05, 3.63) is 17.5 Å². The SMILES string of the molecule is Cn1ncc2c1CCCC2NS(=O)(=O)CCCC(=O)O. The summed E-state index contributed by atoms with van der Waals surface area (Å²) in [5.74, 6) is -1.14. The number of aromatic nitrogens is 2. The fourth-order valence-corrected chi connectivity index (χ4v) is 3.84. The number of aliphatic carboxylic acids is 1. The summed E-state index contributed by atoms with van der Waals surface area (Å²) in [7, 11) is -1.61. The van der Waals surface area contributed by atoms with Gasteiger partial charge < -0.3 is 5.11 Å². The van der Waals surface area contributed by atoms with Gasteiger partial charge in [0.25, 0.3) is 0 Å². The number of carboxylic acid groups (broad SMARTS) is 1. The van der Waals surface area contributed by atoms with Gasteiger partial charge in [-0.1, -0.05) is 0 Å². The summed E-state index contributed by atoms with van der Waals surface area (Å²) in [6.07, 6.45) is 4.26. The van der Waals surface area contributed by atoms with E-state index in [0.29, 0.717) is 0 Å². The van der Waals surface area contributed by atoms with E-state index >= 15 is 0 Å². The van der Waals surface area contributed by atoms with Crippen LogP contribution in [0.1, 0.15) is 43.0 Å².